The molecule has 80 valence electrons. The van der Waals surface area contributed by atoms with Crippen molar-refractivity contribution in [3.8, 4) is 0 Å². The molecule has 4 heteroatoms. The van der Waals surface area contributed by atoms with Crippen LogP contribution < -0.4 is 0 Å². The van der Waals surface area contributed by atoms with Gasteiger partial charge >= 0.3 is 0 Å². The van der Waals surface area contributed by atoms with E-state index in [1.807, 2.05) is 24.3 Å². The third-order valence-corrected chi connectivity index (χ3v) is 1.49. The normalized spacial score (nSPS) is 6.93. The first kappa shape index (κ1) is 19.6. The Morgan fingerprint density at radius 3 is 1.71 bits per heavy atom. The van der Waals surface area contributed by atoms with Crippen LogP contribution in [0.1, 0.15) is 11.1 Å². The van der Waals surface area contributed by atoms with Crippen molar-refractivity contribution in [1.29, 1.82) is 0 Å². The van der Waals surface area contributed by atoms with E-state index in [0.29, 0.717) is 5.88 Å². The predicted octanol–water partition coefficient (Wildman–Crippen LogP) is 1.82. The average molecular weight is 252 g/mol. The van der Waals surface area contributed by atoms with Gasteiger partial charge in [0.25, 0.3) is 0 Å². The predicted molar refractivity (Wildman–Crippen MR) is 56.7 cm³/mol. The summed E-state index contributed by atoms with van der Waals surface area (Å²) < 4.78 is 0. The van der Waals surface area contributed by atoms with Crippen molar-refractivity contribution in [3.05, 3.63) is 42.3 Å². The van der Waals surface area contributed by atoms with E-state index in [0.717, 1.165) is 25.3 Å². The monoisotopic (exact) mass is 251 g/mol. The number of aliphatic hydroxyl groups is 2. The van der Waals surface area contributed by atoms with Gasteiger partial charge in [0, 0.05) is 41.8 Å². The molecule has 2 N–H and O–H groups in total. The SMILES string of the molecule is CO.CO.[CH2-]c1ccc(CCl)cc1.[Ti]. The minimum absolute atomic E-state index is 0. The van der Waals surface area contributed by atoms with Crippen molar-refractivity contribution in [3.63, 3.8) is 0 Å². The van der Waals surface area contributed by atoms with Crippen molar-refractivity contribution in [2.24, 2.45) is 0 Å². The van der Waals surface area contributed by atoms with Crippen molar-refractivity contribution < 1.29 is 31.9 Å². The Bertz CT molecular complexity index is 190. The van der Waals surface area contributed by atoms with Gasteiger partial charge in [-0.25, -0.2) is 0 Å². The number of rotatable bonds is 1. The van der Waals surface area contributed by atoms with Crippen LogP contribution in [0, 0.1) is 6.92 Å². The molecule has 2 nitrogen and oxygen atoms in total. The molecule has 1 aromatic carbocycles. The van der Waals surface area contributed by atoms with E-state index in [1.54, 1.807) is 0 Å². The van der Waals surface area contributed by atoms with Gasteiger partial charge in [0.15, 0.2) is 0 Å². The van der Waals surface area contributed by atoms with E-state index < -0.39 is 0 Å². The molecular formula is C10H16ClO2Ti-. The maximum atomic E-state index is 7.00. The molecule has 0 aliphatic carbocycles. The molecule has 0 radical (unpaired) electrons. The smallest absolute Gasteiger partial charge is 0.0453 e. The number of alkyl halides is 1. The molecule has 0 saturated carbocycles. The van der Waals surface area contributed by atoms with E-state index >= 15 is 0 Å². The summed E-state index contributed by atoms with van der Waals surface area (Å²) in [6.07, 6.45) is 0. The Balaban J connectivity index is -0.000000216. The summed E-state index contributed by atoms with van der Waals surface area (Å²) in [4.78, 5) is 0. The van der Waals surface area contributed by atoms with Crippen LogP contribution in [0.2, 0.25) is 0 Å². The minimum atomic E-state index is 0. The standard InChI is InChI=1S/C8H8Cl.2CH4O.Ti/c1-7-2-4-8(6-9)5-3-7;2*1-2;/h2-5H,1,6H2;2*2H,1H3;/q-1;;;. The second kappa shape index (κ2) is 15.5. The van der Waals surface area contributed by atoms with E-state index in [9.17, 15) is 0 Å². The fourth-order valence-electron chi connectivity index (χ4n) is 0.628. The first-order valence-electron chi connectivity index (χ1n) is 3.69. The molecule has 0 amide bonds. The molecule has 0 aliphatic rings. The maximum absolute atomic E-state index is 7.00. The first-order valence-corrected chi connectivity index (χ1v) is 4.22. The maximum Gasteiger partial charge on any atom is 0.0453 e. The van der Waals surface area contributed by atoms with Gasteiger partial charge in [0.1, 0.15) is 0 Å². The number of halogens is 1. The third kappa shape index (κ3) is 10.1. The Morgan fingerprint density at radius 1 is 1.07 bits per heavy atom. The molecule has 0 unspecified atom stereocenters. The quantitative estimate of drug-likeness (QED) is 0.454. The second-order valence-corrected chi connectivity index (χ2v) is 2.22. The van der Waals surface area contributed by atoms with E-state index in [-0.39, 0.29) is 21.7 Å². The van der Waals surface area contributed by atoms with Crippen molar-refractivity contribution in [1.82, 2.24) is 0 Å². The summed E-state index contributed by atoms with van der Waals surface area (Å²) in [5.74, 6) is 0.584. The number of aliphatic hydroxyl groups excluding tert-OH is 2. The van der Waals surface area contributed by atoms with Crippen LogP contribution >= 0.6 is 11.6 Å². The number of hydrogen-bond acceptors (Lipinski definition) is 2. The molecule has 0 fully saturated rings. The van der Waals surface area contributed by atoms with Crippen LogP contribution in [-0.4, -0.2) is 24.4 Å². The van der Waals surface area contributed by atoms with Gasteiger partial charge in [-0.15, -0.1) is 23.7 Å². The molecular weight excluding hydrogens is 235 g/mol. The molecule has 14 heavy (non-hydrogen) atoms. The van der Waals surface area contributed by atoms with Crippen LogP contribution in [0.15, 0.2) is 24.3 Å². The van der Waals surface area contributed by atoms with Crippen molar-refractivity contribution >= 4 is 11.6 Å². The van der Waals surface area contributed by atoms with Gasteiger partial charge in [0.2, 0.25) is 0 Å². The third-order valence-electron chi connectivity index (χ3n) is 1.18. The molecule has 1 aromatic rings. The molecule has 0 aromatic heterocycles. The molecule has 1 rings (SSSR count). The zero-order chi connectivity index (χ0) is 10.7. The summed E-state index contributed by atoms with van der Waals surface area (Å²) in [5, 5.41) is 14.0. The van der Waals surface area contributed by atoms with Crippen molar-refractivity contribution in [2.45, 2.75) is 5.88 Å². The Hall–Kier alpha value is 0.0143. The summed E-state index contributed by atoms with van der Waals surface area (Å²) in [6, 6.07) is 7.88. The zero-order valence-electron chi connectivity index (χ0n) is 8.50. The molecule has 0 atom stereocenters. The molecule has 0 aliphatic heterocycles. The van der Waals surface area contributed by atoms with Crippen LogP contribution in [-0.2, 0) is 27.6 Å². The van der Waals surface area contributed by atoms with Gasteiger partial charge in [-0.05, 0) is 0 Å². The zero-order valence-corrected chi connectivity index (χ0v) is 10.8. The Morgan fingerprint density at radius 2 is 1.43 bits per heavy atom. The first-order chi connectivity index (χ1) is 6.33. The number of hydrogen-bond donors (Lipinski definition) is 2. The Labute approximate surface area is 106 Å². The van der Waals surface area contributed by atoms with Gasteiger partial charge in [-0.3, -0.25) is 0 Å². The second-order valence-electron chi connectivity index (χ2n) is 1.95. The summed E-state index contributed by atoms with van der Waals surface area (Å²) >= 11 is 5.56. The van der Waals surface area contributed by atoms with E-state index in [2.05, 4.69) is 6.92 Å². The topological polar surface area (TPSA) is 40.5 Å². The van der Waals surface area contributed by atoms with Crippen LogP contribution in [0.25, 0.3) is 0 Å². The summed E-state index contributed by atoms with van der Waals surface area (Å²) in [7, 11) is 2.00. The van der Waals surface area contributed by atoms with E-state index in [4.69, 9.17) is 21.8 Å². The van der Waals surface area contributed by atoms with Crippen LogP contribution in [0.4, 0.5) is 0 Å². The summed E-state index contributed by atoms with van der Waals surface area (Å²) in [5.41, 5.74) is 2.17. The van der Waals surface area contributed by atoms with Gasteiger partial charge < -0.3 is 10.2 Å². The van der Waals surface area contributed by atoms with E-state index in [1.165, 1.54) is 0 Å². The van der Waals surface area contributed by atoms with Gasteiger partial charge in [0.05, 0.1) is 0 Å². The molecule has 0 spiro atoms. The fraction of sp³-hybridized carbons (Fsp3) is 0.300. The number of benzene rings is 1. The Kier molecular flexibility index (Phi) is 21.6. The van der Waals surface area contributed by atoms with Crippen molar-refractivity contribution in [2.75, 3.05) is 14.2 Å². The molecule has 0 heterocycles. The fourth-order valence-corrected chi connectivity index (χ4v) is 0.807. The molecule has 0 bridgehead atoms. The molecule has 0 saturated heterocycles. The van der Waals surface area contributed by atoms with Crippen LogP contribution in [0.5, 0.6) is 0 Å². The van der Waals surface area contributed by atoms with Gasteiger partial charge in [-0.2, -0.15) is 24.6 Å². The van der Waals surface area contributed by atoms with Crippen LogP contribution in [0.3, 0.4) is 0 Å². The largest absolute Gasteiger partial charge is 0.400 e. The summed E-state index contributed by atoms with van der Waals surface area (Å²) in [6.45, 7) is 3.75. The minimum Gasteiger partial charge on any atom is -0.400 e. The van der Waals surface area contributed by atoms with Gasteiger partial charge in [-0.1, -0.05) is 5.56 Å². The average Bonchev–Trinajstić information content (AvgIpc) is 2.25.